The Balaban J connectivity index is 1.02. The number of piperidine rings is 1. The number of benzene rings is 2. The third kappa shape index (κ3) is 4.82. The van der Waals surface area contributed by atoms with Crippen molar-refractivity contribution in [1.82, 2.24) is 4.90 Å². The normalized spacial score (nSPS) is 21.3. The van der Waals surface area contributed by atoms with E-state index in [-0.39, 0.29) is 5.91 Å². The highest BCUT2D eigenvalue weighted by molar-refractivity contribution is 6.07. The van der Waals surface area contributed by atoms with Crippen LogP contribution in [-0.4, -0.2) is 63.9 Å². The number of carbonyl (C=O) groups excluding carboxylic acids is 1. The zero-order chi connectivity index (χ0) is 24.5. The highest BCUT2D eigenvalue weighted by Crippen LogP contribution is 2.41. The van der Waals surface area contributed by atoms with Crippen molar-refractivity contribution in [2.75, 3.05) is 58.0 Å². The molecule has 6 rings (SSSR count). The SMILES string of the molecule is COc1cc(N2CC=C(Oc3ccc(C4CC4)cc3)C2=O)ccc1OCCN1CCC2(CC1)COC2. The van der Waals surface area contributed by atoms with Crippen molar-refractivity contribution in [3.8, 4) is 17.2 Å². The number of hydrogen-bond donors (Lipinski definition) is 0. The Morgan fingerprint density at radius 3 is 2.47 bits per heavy atom. The molecule has 2 saturated heterocycles. The van der Waals surface area contributed by atoms with E-state index in [1.54, 1.807) is 12.0 Å². The number of carbonyl (C=O) groups is 1. The van der Waals surface area contributed by atoms with Crippen molar-refractivity contribution >= 4 is 11.6 Å². The van der Waals surface area contributed by atoms with Gasteiger partial charge in [-0.2, -0.15) is 0 Å². The summed E-state index contributed by atoms with van der Waals surface area (Å²) in [5.41, 5.74) is 2.55. The molecule has 3 fully saturated rings. The molecule has 0 radical (unpaired) electrons. The fourth-order valence-corrected chi connectivity index (χ4v) is 5.30. The molecule has 2 aromatic carbocycles. The third-order valence-corrected chi connectivity index (χ3v) is 7.93. The smallest absolute Gasteiger partial charge is 0.294 e. The maximum Gasteiger partial charge on any atom is 0.294 e. The molecule has 2 aromatic rings. The van der Waals surface area contributed by atoms with Crippen molar-refractivity contribution in [3.05, 3.63) is 59.9 Å². The zero-order valence-electron chi connectivity index (χ0n) is 20.9. The van der Waals surface area contributed by atoms with Crippen LogP contribution in [0, 0.1) is 5.41 Å². The van der Waals surface area contributed by atoms with E-state index in [1.807, 2.05) is 36.4 Å². The number of hydrogen-bond acceptors (Lipinski definition) is 6. The second-order valence-corrected chi connectivity index (χ2v) is 10.4. The van der Waals surface area contributed by atoms with Gasteiger partial charge in [-0.1, -0.05) is 12.1 Å². The Morgan fingerprint density at radius 1 is 1.03 bits per heavy atom. The lowest BCUT2D eigenvalue weighted by atomic mass is 9.77. The van der Waals surface area contributed by atoms with Crippen LogP contribution in [0.25, 0.3) is 0 Å². The van der Waals surface area contributed by atoms with Crippen molar-refractivity contribution in [2.24, 2.45) is 5.41 Å². The molecule has 7 nitrogen and oxygen atoms in total. The van der Waals surface area contributed by atoms with E-state index in [4.69, 9.17) is 18.9 Å². The van der Waals surface area contributed by atoms with Gasteiger partial charge in [0, 0.05) is 30.3 Å². The first-order chi connectivity index (χ1) is 17.6. The molecule has 0 N–H and O–H groups in total. The number of anilines is 1. The largest absolute Gasteiger partial charge is 0.493 e. The highest BCUT2D eigenvalue weighted by Gasteiger charge is 2.41. The number of methoxy groups -OCH3 is 1. The van der Waals surface area contributed by atoms with Crippen LogP contribution in [-0.2, 0) is 9.53 Å². The van der Waals surface area contributed by atoms with Gasteiger partial charge >= 0.3 is 0 Å². The van der Waals surface area contributed by atoms with E-state index in [0.717, 1.165) is 38.5 Å². The van der Waals surface area contributed by atoms with E-state index in [9.17, 15) is 4.79 Å². The zero-order valence-corrected chi connectivity index (χ0v) is 20.9. The first kappa shape index (κ1) is 23.4. The minimum atomic E-state index is -0.156. The summed E-state index contributed by atoms with van der Waals surface area (Å²) in [4.78, 5) is 17.2. The Labute approximate surface area is 212 Å². The van der Waals surface area contributed by atoms with Gasteiger partial charge in [0.05, 0.1) is 20.3 Å². The van der Waals surface area contributed by atoms with Gasteiger partial charge in [0.15, 0.2) is 17.3 Å². The van der Waals surface area contributed by atoms with Crippen LogP contribution < -0.4 is 19.1 Å². The molecule has 1 saturated carbocycles. The molecule has 7 heteroatoms. The minimum absolute atomic E-state index is 0.156. The number of ether oxygens (including phenoxy) is 4. The molecule has 36 heavy (non-hydrogen) atoms. The highest BCUT2D eigenvalue weighted by atomic mass is 16.5. The molecule has 3 heterocycles. The maximum absolute atomic E-state index is 13.0. The van der Waals surface area contributed by atoms with Gasteiger partial charge in [-0.25, -0.2) is 0 Å². The summed E-state index contributed by atoms with van der Waals surface area (Å²) in [5, 5.41) is 0. The Kier molecular flexibility index (Phi) is 6.36. The molecular weight excluding hydrogens is 456 g/mol. The van der Waals surface area contributed by atoms with E-state index in [0.29, 0.717) is 47.5 Å². The first-order valence-electron chi connectivity index (χ1n) is 13.0. The Bertz CT molecular complexity index is 1130. The standard InChI is InChI=1S/C29H34N2O5/c1-33-27-18-23(6-9-25(27)35-17-16-30-14-11-29(12-15-30)19-34-20-29)31-13-10-26(28(31)32)36-24-7-4-22(5-8-24)21-2-3-21/h4-10,18,21H,2-3,11-17,19-20H2,1H3. The van der Waals surface area contributed by atoms with E-state index < -0.39 is 0 Å². The number of rotatable bonds is 9. The number of nitrogens with zero attached hydrogens (tertiary/aromatic N) is 2. The van der Waals surface area contributed by atoms with Crippen LogP contribution in [0.4, 0.5) is 5.69 Å². The summed E-state index contributed by atoms with van der Waals surface area (Å²) in [6, 6.07) is 13.7. The summed E-state index contributed by atoms with van der Waals surface area (Å²) < 4.78 is 23.0. The van der Waals surface area contributed by atoms with Crippen molar-refractivity contribution in [1.29, 1.82) is 0 Å². The second-order valence-electron chi connectivity index (χ2n) is 10.4. The van der Waals surface area contributed by atoms with Gasteiger partial charge in [0.1, 0.15) is 12.4 Å². The molecule has 190 valence electrons. The van der Waals surface area contributed by atoms with Gasteiger partial charge in [-0.05, 0) is 80.6 Å². The third-order valence-electron chi connectivity index (χ3n) is 7.93. The molecule has 0 unspecified atom stereocenters. The summed E-state index contributed by atoms with van der Waals surface area (Å²) in [6.07, 6.45) is 6.77. The monoisotopic (exact) mass is 490 g/mol. The molecule has 4 aliphatic rings. The maximum atomic E-state index is 13.0. The fraction of sp³-hybridized carbons (Fsp3) is 0.483. The van der Waals surface area contributed by atoms with E-state index in [1.165, 1.54) is 31.2 Å². The second kappa shape index (κ2) is 9.79. The molecule has 3 aliphatic heterocycles. The lowest BCUT2D eigenvalue weighted by molar-refractivity contribution is -0.139. The lowest BCUT2D eigenvalue weighted by Gasteiger charge is -2.47. The van der Waals surface area contributed by atoms with Crippen LogP contribution in [0.2, 0.25) is 0 Å². The van der Waals surface area contributed by atoms with Gasteiger partial charge < -0.3 is 23.8 Å². The number of likely N-dealkylation sites (tertiary alicyclic amines) is 1. The predicted octanol–water partition coefficient (Wildman–Crippen LogP) is 4.37. The molecule has 1 spiro atoms. The number of amides is 1. The molecule has 0 bridgehead atoms. The van der Waals surface area contributed by atoms with Crippen LogP contribution in [0.1, 0.15) is 37.2 Å². The molecular formula is C29H34N2O5. The molecule has 1 amide bonds. The molecule has 0 atom stereocenters. The Hall–Kier alpha value is -3.03. The molecule has 0 aromatic heterocycles. The quantitative estimate of drug-likeness (QED) is 0.520. The summed E-state index contributed by atoms with van der Waals surface area (Å²) in [5.74, 6) is 2.89. The van der Waals surface area contributed by atoms with Crippen LogP contribution >= 0.6 is 0 Å². The van der Waals surface area contributed by atoms with Crippen molar-refractivity contribution in [2.45, 2.75) is 31.6 Å². The lowest BCUT2D eigenvalue weighted by Crippen LogP contribution is -2.51. The minimum Gasteiger partial charge on any atom is -0.493 e. The van der Waals surface area contributed by atoms with Gasteiger partial charge in [0.25, 0.3) is 5.91 Å². The Morgan fingerprint density at radius 2 is 1.81 bits per heavy atom. The van der Waals surface area contributed by atoms with Crippen LogP contribution in [0.3, 0.4) is 0 Å². The van der Waals surface area contributed by atoms with Crippen LogP contribution in [0.5, 0.6) is 17.2 Å². The van der Waals surface area contributed by atoms with Crippen molar-refractivity contribution < 1.29 is 23.7 Å². The van der Waals surface area contributed by atoms with Gasteiger partial charge in [-0.3, -0.25) is 9.69 Å². The van der Waals surface area contributed by atoms with Crippen molar-refractivity contribution in [3.63, 3.8) is 0 Å². The first-order valence-corrected chi connectivity index (χ1v) is 13.0. The fourth-order valence-electron chi connectivity index (χ4n) is 5.30. The van der Waals surface area contributed by atoms with E-state index in [2.05, 4.69) is 17.0 Å². The summed E-state index contributed by atoms with van der Waals surface area (Å²) in [6.45, 7) is 6.00. The summed E-state index contributed by atoms with van der Waals surface area (Å²) >= 11 is 0. The van der Waals surface area contributed by atoms with Crippen LogP contribution in [0.15, 0.2) is 54.3 Å². The predicted molar refractivity (Wildman–Crippen MR) is 137 cm³/mol. The summed E-state index contributed by atoms with van der Waals surface area (Å²) in [7, 11) is 1.63. The average Bonchev–Trinajstić information content (AvgIpc) is 3.68. The van der Waals surface area contributed by atoms with Gasteiger partial charge in [0.2, 0.25) is 0 Å². The van der Waals surface area contributed by atoms with E-state index >= 15 is 0 Å². The molecule has 1 aliphatic carbocycles. The topological polar surface area (TPSA) is 60.5 Å². The average molecular weight is 491 g/mol. The van der Waals surface area contributed by atoms with Gasteiger partial charge in [-0.15, -0.1) is 0 Å².